The fourth-order valence-corrected chi connectivity index (χ4v) is 2.27. The highest BCUT2D eigenvalue weighted by atomic mass is 16.5. The number of hydrogen-bond donors (Lipinski definition) is 2. The Morgan fingerprint density at radius 1 is 1.32 bits per heavy atom. The molecule has 0 saturated heterocycles. The van der Waals surface area contributed by atoms with Gasteiger partial charge in [0.2, 0.25) is 0 Å². The molecule has 25 heavy (non-hydrogen) atoms. The summed E-state index contributed by atoms with van der Waals surface area (Å²) in [5.74, 6) is 1.15. The van der Waals surface area contributed by atoms with Gasteiger partial charge in [0.1, 0.15) is 0 Å². The van der Waals surface area contributed by atoms with Crippen molar-refractivity contribution in [3.8, 4) is 11.5 Å². The molecule has 1 unspecified atom stereocenters. The lowest BCUT2D eigenvalue weighted by Crippen LogP contribution is -2.46. The van der Waals surface area contributed by atoms with E-state index in [0.717, 1.165) is 11.1 Å². The van der Waals surface area contributed by atoms with E-state index in [9.17, 15) is 4.79 Å². The van der Waals surface area contributed by atoms with Crippen LogP contribution < -0.4 is 10.6 Å². The van der Waals surface area contributed by atoms with Crippen molar-refractivity contribution in [2.24, 2.45) is 5.92 Å². The second kappa shape index (κ2) is 9.17. The van der Waals surface area contributed by atoms with Gasteiger partial charge < -0.3 is 19.9 Å². The third-order valence-corrected chi connectivity index (χ3v) is 3.87. The maximum absolute atomic E-state index is 12.1. The number of carbonyl (C=O) groups excluding carboxylic acids is 1. The van der Waals surface area contributed by atoms with Crippen molar-refractivity contribution in [1.82, 2.24) is 20.8 Å². The van der Waals surface area contributed by atoms with Crippen LogP contribution in [0.5, 0.6) is 0 Å². The van der Waals surface area contributed by atoms with Gasteiger partial charge in [-0.1, -0.05) is 37.2 Å². The van der Waals surface area contributed by atoms with Gasteiger partial charge in [-0.15, -0.1) is 0 Å². The molecule has 1 atom stereocenters. The van der Waals surface area contributed by atoms with E-state index in [1.165, 1.54) is 0 Å². The third kappa shape index (κ3) is 5.56. The Hall–Kier alpha value is -2.41. The first-order valence-corrected chi connectivity index (χ1v) is 8.52. The maximum Gasteiger partial charge on any atom is 0.315 e. The average molecular weight is 346 g/mol. The highest BCUT2D eigenvalue weighted by Gasteiger charge is 2.17. The number of amides is 2. The molecule has 2 amide bonds. The normalized spacial score (nSPS) is 12.2. The quantitative estimate of drug-likeness (QED) is 0.767. The first kappa shape index (κ1) is 18.9. The maximum atomic E-state index is 12.1. The second-order valence-electron chi connectivity index (χ2n) is 6.17. The van der Waals surface area contributed by atoms with Crippen molar-refractivity contribution < 1.29 is 14.1 Å². The number of benzene rings is 1. The van der Waals surface area contributed by atoms with E-state index in [2.05, 4.69) is 20.8 Å². The topological polar surface area (TPSA) is 89.3 Å². The molecule has 0 radical (unpaired) electrons. The van der Waals surface area contributed by atoms with Crippen LogP contribution in [0.15, 0.2) is 28.8 Å². The smallest absolute Gasteiger partial charge is 0.315 e. The summed E-state index contributed by atoms with van der Waals surface area (Å²) in [5, 5.41) is 9.57. The molecule has 0 fully saturated rings. The van der Waals surface area contributed by atoms with Crippen molar-refractivity contribution >= 4 is 6.03 Å². The second-order valence-corrected chi connectivity index (χ2v) is 6.17. The number of nitrogens with zero attached hydrogens (tertiary/aromatic N) is 2. The zero-order valence-electron chi connectivity index (χ0n) is 15.2. The zero-order chi connectivity index (χ0) is 18.2. The molecule has 1 aromatic heterocycles. The first-order chi connectivity index (χ1) is 12.0. The van der Waals surface area contributed by atoms with Crippen LogP contribution in [0.3, 0.4) is 0 Å². The Kier molecular flexibility index (Phi) is 6.94. The van der Waals surface area contributed by atoms with E-state index in [1.54, 1.807) is 0 Å². The van der Waals surface area contributed by atoms with E-state index in [-0.39, 0.29) is 24.5 Å². The van der Waals surface area contributed by atoms with Crippen LogP contribution in [-0.4, -0.2) is 35.4 Å². The zero-order valence-corrected chi connectivity index (χ0v) is 15.2. The summed E-state index contributed by atoms with van der Waals surface area (Å²) in [5.41, 5.74) is 1.95. The molecule has 0 aliphatic carbocycles. The highest BCUT2D eigenvalue weighted by molar-refractivity contribution is 5.74. The highest BCUT2D eigenvalue weighted by Crippen LogP contribution is 2.20. The van der Waals surface area contributed by atoms with Crippen molar-refractivity contribution in [3.05, 3.63) is 35.7 Å². The van der Waals surface area contributed by atoms with Crippen LogP contribution in [0, 0.1) is 12.8 Å². The number of urea groups is 1. The third-order valence-electron chi connectivity index (χ3n) is 3.87. The number of nitrogens with one attached hydrogen (secondary N) is 2. The predicted octanol–water partition coefficient (Wildman–Crippen LogP) is 2.91. The predicted molar refractivity (Wildman–Crippen MR) is 95.0 cm³/mol. The summed E-state index contributed by atoms with van der Waals surface area (Å²) in [6, 6.07) is 7.45. The van der Waals surface area contributed by atoms with E-state index < -0.39 is 0 Å². The summed E-state index contributed by atoms with van der Waals surface area (Å²) in [6.07, 6.45) is 0. The molecule has 2 rings (SSSR count). The molecule has 1 aromatic carbocycles. The van der Waals surface area contributed by atoms with Crippen LogP contribution in [0.25, 0.3) is 11.5 Å². The van der Waals surface area contributed by atoms with E-state index >= 15 is 0 Å². The molecule has 1 heterocycles. The van der Waals surface area contributed by atoms with Crippen LogP contribution in [0.1, 0.15) is 32.2 Å². The molecule has 7 heteroatoms. The summed E-state index contributed by atoms with van der Waals surface area (Å²) in [4.78, 5) is 16.4. The molecular weight excluding hydrogens is 320 g/mol. The molecule has 2 aromatic rings. The van der Waals surface area contributed by atoms with Gasteiger partial charge >= 0.3 is 6.03 Å². The monoisotopic (exact) mass is 346 g/mol. The summed E-state index contributed by atoms with van der Waals surface area (Å²) >= 11 is 0. The molecule has 0 saturated carbocycles. The van der Waals surface area contributed by atoms with Crippen molar-refractivity contribution in [1.29, 1.82) is 0 Å². The van der Waals surface area contributed by atoms with Gasteiger partial charge in [0.25, 0.3) is 5.89 Å². The summed E-state index contributed by atoms with van der Waals surface area (Å²) in [6.45, 7) is 9.29. The van der Waals surface area contributed by atoms with E-state index in [0.29, 0.717) is 24.9 Å². The van der Waals surface area contributed by atoms with Gasteiger partial charge in [-0.05, 0) is 31.4 Å². The lowest BCUT2D eigenvalue weighted by atomic mass is 10.1. The van der Waals surface area contributed by atoms with Gasteiger partial charge in [0, 0.05) is 12.2 Å². The van der Waals surface area contributed by atoms with Gasteiger partial charge in [-0.3, -0.25) is 0 Å². The Balaban J connectivity index is 1.89. The number of rotatable bonds is 8. The van der Waals surface area contributed by atoms with Gasteiger partial charge in [0.15, 0.2) is 5.82 Å². The number of carbonyl (C=O) groups is 1. The van der Waals surface area contributed by atoms with Gasteiger partial charge in [0.05, 0.1) is 19.2 Å². The SMILES string of the molecule is CCOCC(NC(=O)NCc1noc(-c2ccccc2C)n1)C(C)C. The van der Waals surface area contributed by atoms with Crippen LogP contribution in [0.2, 0.25) is 0 Å². The Bertz CT molecular complexity index is 684. The van der Waals surface area contributed by atoms with Crippen LogP contribution in [-0.2, 0) is 11.3 Å². The van der Waals surface area contributed by atoms with Crippen molar-refractivity contribution in [2.75, 3.05) is 13.2 Å². The average Bonchev–Trinajstić information content (AvgIpc) is 3.05. The minimum atomic E-state index is -0.277. The van der Waals surface area contributed by atoms with Crippen molar-refractivity contribution in [2.45, 2.75) is 40.3 Å². The van der Waals surface area contributed by atoms with Crippen LogP contribution >= 0.6 is 0 Å². The number of aromatic nitrogens is 2. The lowest BCUT2D eigenvalue weighted by molar-refractivity contribution is 0.110. The largest absolute Gasteiger partial charge is 0.380 e. The van der Waals surface area contributed by atoms with Crippen molar-refractivity contribution in [3.63, 3.8) is 0 Å². The summed E-state index contributed by atoms with van der Waals surface area (Å²) < 4.78 is 10.7. The van der Waals surface area contributed by atoms with Gasteiger partial charge in [-0.25, -0.2) is 4.79 Å². The van der Waals surface area contributed by atoms with Gasteiger partial charge in [-0.2, -0.15) is 4.98 Å². The Morgan fingerprint density at radius 3 is 2.76 bits per heavy atom. The van der Waals surface area contributed by atoms with E-state index in [1.807, 2.05) is 52.0 Å². The number of ether oxygens (including phenoxy) is 1. The number of hydrogen-bond acceptors (Lipinski definition) is 5. The Morgan fingerprint density at radius 2 is 2.08 bits per heavy atom. The lowest BCUT2D eigenvalue weighted by Gasteiger charge is -2.22. The molecule has 136 valence electrons. The fourth-order valence-electron chi connectivity index (χ4n) is 2.27. The fraction of sp³-hybridized carbons (Fsp3) is 0.500. The Labute approximate surface area is 148 Å². The molecule has 7 nitrogen and oxygen atoms in total. The first-order valence-electron chi connectivity index (χ1n) is 8.52. The minimum Gasteiger partial charge on any atom is -0.380 e. The molecule has 0 aliphatic heterocycles. The molecular formula is C18H26N4O3. The van der Waals surface area contributed by atoms with E-state index in [4.69, 9.17) is 9.26 Å². The molecule has 0 spiro atoms. The molecule has 0 bridgehead atoms. The summed E-state index contributed by atoms with van der Waals surface area (Å²) in [7, 11) is 0. The minimum absolute atomic E-state index is 0.0484. The van der Waals surface area contributed by atoms with Crippen LogP contribution in [0.4, 0.5) is 4.79 Å². The molecule has 0 aliphatic rings. The standard InChI is InChI=1S/C18H26N4O3/c1-5-24-11-15(12(2)3)20-18(23)19-10-16-21-17(25-22-16)14-9-7-6-8-13(14)4/h6-9,12,15H,5,10-11H2,1-4H3,(H2,19,20,23). The molecule has 2 N–H and O–H groups in total. The number of aryl methyl sites for hydroxylation is 1.